The summed E-state index contributed by atoms with van der Waals surface area (Å²) in [6.07, 6.45) is 0. The van der Waals surface area contributed by atoms with Crippen LogP contribution < -0.4 is 5.56 Å². The van der Waals surface area contributed by atoms with Crippen LogP contribution in [0.2, 0.25) is 0 Å². The van der Waals surface area contributed by atoms with E-state index in [9.17, 15) is 14.3 Å². The summed E-state index contributed by atoms with van der Waals surface area (Å²) in [4.78, 5) is 14.8. The molecule has 15 heavy (non-hydrogen) atoms. The van der Waals surface area contributed by atoms with Gasteiger partial charge in [-0.2, -0.15) is 0 Å². The van der Waals surface area contributed by atoms with E-state index in [4.69, 9.17) is 0 Å². The van der Waals surface area contributed by atoms with E-state index >= 15 is 0 Å². The van der Waals surface area contributed by atoms with Gasteiger partial charge >= 0.3 is 11.4 Å². The van der Waals surface area contributed by atoms with E-state index in [2.05, 4.69) is 20.9 Å². The van der Waals surface area contributed by atoms with Gasteiger partial charge in [0.2, 0.25) is 0 Å². The van der Waals surface area contributed by atoms with Crippen LogP contribution in [0.15, 0.2) is 21.4 Å². The third kappa shape index (κ3) is 1.50. The predicted molar refractivity (Wildman–Crippen MR) is 54.8 cm³/mol. The minimum absolute atomic E-state index is 0.161. The lowest BCUT2D eigenvalue weighted by Crippen LogP contribution is -2.17. The van der Waals surface area contributed by atoms with Gasteiger partial charge in [-0.05, 0) is 22.0 Å². The number of rotatable bonds is 0. The van der Waals surface area contributed by atoms with Crippen molar-refractivity contribution in [2.75, 3.05) is 0 Å². The first-order valence-corrected chi connectivity index (χ1v) is 4.83. The summed E-state index contributed by atoms with van der Waals surface area (Å²) >= 11 is 3.12. The van der Waals surface area contributed by atoms with Crippen LogP contribution in [0.1, 0.15) is 0 Å². The molecule has 77 valence electrons. The van der Waals surface area contributed by atoms with Gasteiger partial charge in [0, 0.05) is 17.6 Å². The van der Waals surface area contributed by atoms with Gasteiger partial charge in [0.05, 0.1) is 11.0 Å². The zero-order chi connectivity index (χ0) is 11.2. The van der Waals surface area contributed by atoms with Crippen LogP contribution in [-0.2, 0) is 12.2 Å². The molecule has 0 bridgehead atoms. The van der Waals surface area contributed by atoms with Crippen molar-refractivity contribution >= 4 is 27.0 Å². The molecule has 0 saturated carbocycles. The Morgan fingerprint density at radius 1 is 1.47 bits per heavy atom. The molecule has 0 amide bonds. The van der Waals surface area contributed by atoms with Crippen LogP contribution in [0.5, 0.6) is 5.88 Å². The summed E-state index contributed by atoms with van der Waals surface area (Å²) in [5.41, 5.74) is -0.162. The number of nitrogens with zero attached hydrogens (tertiary/aromatic N) is 2. The second kappa shape index (κ2) is 3.30. The third-order valence-corrected chi connectivity index (χ3v) is 2.66. The molecule has 1 aromatic carbocycles. The molecular formula is C9H5BrFN2O2. The van der Waals surface area contributed by atoms with Gasteiger partial charge < -0.3 is 4.57 Å². The number of hydrogen-bond acceptors (Lipinski definition) is 2. The van der Waals surface area contributed by atoms with Gasteiger partial charge in [-0.15, -0.1) is 0 Å². The Labute approximate surface area is 92.1 Å². The zero-order valence-corrected chi connectivity index (χ0v) is 9.21. The lowest BCUT2D eigenvalue weighted by atomic mass is 10.3. The molecule has 1 radical (unpaired) electrons. The molecule has 0 aliphatic rings. The molecule has 1 aromatic heterocycles. The number of aryl methyl sites for hydroxylation is 1. The molecule has 0 spiro atoms. The smallest absolute Gasteiger partial charge is 0.304 e. The highest BCUT2D eigenvalue weighted by atomic mass is 79.9. The van der Waals surface area contributed by atoms with Crippen molar-refractivity contribution < 1.29 is 9.50 Å². The van der Waals surface area contributed by atoms with Crippen LogP contribution in [0.3, 0.4) is 0 Å². The molecule has 2 rings (SSSR count). The first kappa shape index (κ1) is 10.1. The fraction of sp³-hybridized carbons (Fsp3) is 0.111. The standard InChI is InChI=1S/C9H5BrFN2O2/c1-13-7-5(10)2-4(11)3-6(7)12-8(14)9(13)15/h2-3H,1H3. The van der Waals surface area contributed by atoms with Crippen molar-refractivity contribution in [2.24, 2.45) is 7.05 Å². The molecular weight excluding hydrogens is 267 g/mol. The Bertz CT molecular complexity index is 609. The highest BCUT2D eigenvalue weighted by Crippen LogP contribution is 2.23. The van der Waals surface area contributed by atoms with Crippen molar-refractivity contribution in [1.82, 2.24) is 9.55 Å². The molecule has 6 heteroatoms. The summed E-state index contributed by atoms with van der Waals surface area (Å²) in [6, 6.07) is 2.33. The number of halogens is 2. The van der Waals surface area contributed by atoms with E-state index < -0.39 is 17.3 Å². The second-order valence-electron chi connectivity index (χ2n) is 3.04. The molecule has 0 aliphatic carbocycles. The first-order valence-electron chi connectivity index (χ1n) is 4.03. The van der Waals surface area contributed by atoms with Gasteiger partial charge in [-0.3, -0.25) is 9.90 Å². The normalized spacial score (nSPS) is 10.9. The van der Waals surface area contributed by atoms with E-state index in [1.165, 1.54) is 13.1 Å². The highest BCUT2D eigenvalue weighted by molar-refractivity contribution is 9.10. The molecule has 0 N–H and O–H groups in total. The van der Waals surface area contributed by atoms with Crippen molar-refractivity contribution in [3.63, 3.8) is 0 Å². The fourth-order valence-corrected chi connectivity index (χ4v) is 2.06. The topological polar surface area (TPSA) is 54.8 Å². The molecule has 0 atom stereocenters. The summed E-state index contributed by atoms with van der Waals surface area (Å²) in [5.74, 6) is -1.40. The Kier molecular flexibility index (Phi) is 2.22. The maximum atomic E-state index is 13.0. The second-order valence-corrected chi connectivity index (χ2v) is 3.89. The molecule has 0 fully saturated rings. The lowest BCUT2D eigenvalue weighted by Gasteiger charge is -2.05. The summed E-state index contributed by atoms with van der Waals surface area (Å²) < 4.78 is 14.5. The molecule has 0 unspecified atom stereocenters. The molecule has 4 nitrogen and oxygen atoms in total. The van der Waals surface area contributed by atoms with Crippen LogP contribution >= 0.6 is 15.9 Å². The van der Waals surface area contributed by atoms with Crippen LogP contribution in [0, 0.1) is 5.82 Å². The van der Waals surface area contributed by atoms with Crippen LogP contribution in [-0.4, -0.2) is 9.55 Å². The molecule has 1 heterocycles. The van der Waals surface area contributed by atoms with Crippen molar-refractivity contribution in [2.45, 2.75) is 0 Å². The van der Waals surface area contributed by atoms with Gasteiger partial charge in [-0.1, -0.05) is 0 Å². The third-order valence-electron chi connectivity index (χ3n) is 2.05. The van der Waals surface area contributed by atoms with Gasteiger partial charge in [0.1, 0.15) is 5.82 Å². The van der Waals surface area contributed by atoms with E-state index in [0.29, 0.717) is 9.99 Å². The Morgan fingerprint density at radius 2 is 2.13 bits per heavy atom. The Balaban J connectivity index is 3.05. The average molecular weight is 272 g/mol. The van der Waals surface area contributed by atoms with E-state index in [1.54, 1.807) is 0 Å². The SMILES string of the molecule is Cn1c(=O)c([O])nc2cc(F)cc(Br)c21. The highest BCUT2D eigenvalue weighted by Gasteiger charge is 2.12. The Hall–Kier alpha value is -1.43. The van der Waals surface area contributed by atoms with Crippen molar-refractivity contribution in [3.8, 4) is 5.88 Å². The molecule has 2 aromatic rings. The monoisotopic (exact) mass is 271 g/mol. The summed E-state index contributed by atoms with van der Waals surface area (Å²) in [7, 11) is 1.44. The number of fused-ring (bicyclic) bond motifs is 1. The number of benzene rings is 1. The fourth-order valence-electron chi connectivity index (χ4n) is 1.37. The van der Waals surface area contributed by atoms with Gasteiger partial charge in [0.25, 0.3) is 0 Å². The zero-order valence-electron chi connectivity index (χ0n) is 7.62. The largest absolute Gasteiger partial charge is 0.336 e. The van der Waals surface area contributed by atoms with E-state index in [1.807, 2.05) is 0 Å². The Morgan fingerprint density at radius 3 is 2.80 bits per heavy atom. The lowest BCUT2D eigenvalue weighted by molar-refractivity contribution is 0.329. The minimum Gasteiger partial charge on any atom is -0.304 e. The van der Waals surface area contributed by atoms with Crippen molar-refractivity contribution in [3.05, 3.63) is 32.8 Å². The van der Waals surface area contributed by atoms with E-state index in [-0.39, 0.29) is 5.52 Å². The van der Waals surface area contributed by atoms with E-state index in [0.717, 1.165) is 10.6 Å². The first-order chi connectivity index (χ1) is 7.00. The van der Waals surface area contributed by atoms with Gasteiger partial charge in [-0.25, -0.2) is 9.37 Å². The quantitative estimate of drug-likeness (QED) is 0.736. The molecule has 0 saturated heterocycles. The summed E-state index contributed by atoms with van der Waals surface area (Å²) in [6.45, 7) is 0. The average Bonchev–Trinajstić information content (AvgIpc) is 2.13. The number of hydrogen-bond donors (Lipinski definition) is 0. The maximum absolute atomic E-state index is 13.0. The maximum Gasteiger partial charge on any atom is 0.336 e. The van der Waals surface area contributed by atoms with Crippen LogP contribution in [0.25, 0.3) is 11.0 Å². The van der Waals surface area contributed by atoms with Gasteiger partial charge in [0.15, 0.2) is 0 Å². The predicted octanol–water partition coefficient (Wildman–Crippen LogP) is 1.98. The molecule has 0 aliphatic heterocycles. The summed E-state index contributed by atoms with van der Waals surface area (Å²) in [5, 5.41) is 11.1. The van der Waals surface area contributed by atoms with Crippen LogP contribution in [0.4, 0.5) is 4.39 Å². The minimum atomic E-state index is -0.887. The van der Waals surface area contributed by atoms with Crippen molar-refractivity contribution in [1.29, 1.82) is 0 Å². The number of aromatic nitrogens is 2.